The van der Waals surface area contributed by atoms with Crippen LogP contribution in [-0.2, 0) is 6.18 Å². The van der Waals surface area contributed by atoms with E-state index in [1.54, 1.807) is 24.0 Å². The molecule has 9 nitrogen and oxygen atoms in total. The molecule has 0 spiro atoms. The number of carbonyl (C=O) groups excluding carboxylic acids is 1. The van der Waals surface area contributed by atoms with Crippen molar-refractivity contribution in [2.45, 2.75) is 45.0 Å². The average molecular weight is 447 g/mol. The number of pyridine rings is 1. The normalized spacial score (nSPS) is 19.1. The number of piperidine rings is 1. The van der Waals surface area contributed by atoms with Crippen molar-refractivity contribution < 1.29 is 22.7 Å². The van der Waals surface area contributed by atoms with Crippen LogP contribution in [0.3, 0.4) is 0 Å². The summed E-state index contributed by atoms with van der Waals surface area (Å²) < 4.78 is 43.9. The van der Waals surface area contributed by atoms with Crippen molar-refractivity contribution in [3.63, 3.8) is 0 Å². The Labute approximate surface area is 181 Å². The largest absolute Gasteiger partial charge is 0.458 e. The number of hydrogen-bond donors (Lipinski definition) is 0. The Morgan fingerprint density at radius 3 is 2.50 bits per heavy atom. The molecule has 3 aromatic rings. The fraction of sp³-hybridized carbons (Fsp3) is 0.400. The highest BCUT2D eigenvalue weighted by molar-refractivity contribution is 5.96. The van der Waals surface area contributed by atoms with E-state index in [4.69, 9.17) is 4.74 Å². The number of aryl methyl sites for hydroxylation is 1. The zero-order valence-electron chi connectivity index (χ0n) is 17.3. The first-order valence-electron chi connectivity index (χ1n) is 9.95. The molecule has 4 heterocycles. The number of aromatic nitrogens is 6. The Bertz CT molecular complexity index is 1090. The summed E-state index contributed by atoms with van der Waals surface area (Å²) >= 11 is 0. The highest BCUT2D eigenvalue weighted by Gasteiger charge is 2.36. The number of hydrogen-bond acceptors (Lipinski definition) is 7. The molecule has 0 saturated carbocycles. The van der Waals surface area contributed by atoms with Crippen molar-refractivity contribution in [1.82, 2.24) is 34.8 Å². The van der Waals surface area contributed by atoms with Gasteiger partial charge in [-0.05, 0) is 38.8 Å². The Hall–Kier alpha value is -3.57. The van der Waals surface area contributed by atoms with E-state index in [0.717, 1.165) is 0 Å². The Morgan fingerprint density at radius 1 is 1.16 bits per heavy atom. The van der Waals surface area contributed by atoms with Crippen molar-refractivity contribution in [3.05, 3.63) is 53.9 Å². The lowest BCUT2D eigenvalue weighted by atomic mass is 9.99. The summed E-state index contributed by atoms with van der Waals surface area (Å²) in [6, 6.07) is 2.94. The topological polar surface area (TPSA) is 98.9 Å². The van der Waals surface area contributed by atoms with E-state index >= 15 is 0 Å². The monoisotopic (exact) mass is 447 g/mol. The lowest BCUT2D eigenvalue weighted by molar-refractivity contribution is -0.138. The third-order valence-corrected chi connectivity index (χ3v) is 5.24. The minimum atomic E-state index is -4.53. The van der Waals surface area contributed by atoms with Crippen molar-refractivity contribution in [1.29, 1.82) is 0 Å². The van der Waals surface area contributed by atoms with Crippen molar-refractivity contribution in [2.75, 3.05) is 6.54 Å². The van der Waals surface area contributed by atoms with Gasteiger partial charge in [0.25, 0.3) is 5.91 Å². The van der Waals surface area contributed by atoms with E-state index in [-0.39, 0.29) is 23.7 Å². The van der Waals surface area contributed by atoms with Crippen LogP contribution in [0.5, 0.6) is 6.01 Å². The highest BCUT2D eigenvalue weighted by Crippen LogP contribution is 2.29. The Kier molecular flexibility index (Phi) is 5.76. The maximum atomic E-state index is 13.4. The van der Waals surface area contributed by atoms with E-state index < -0.39 is 17.8 Å². The maximum Gasteiger partial charge on any atom is 0.419 e. The van der Waals surface area contributed by atoms with Gasteiger partial charge < -0.3 is 9.64 Å². The number of amides is 1. The van der Waals surface area contributed by atoms with Gasteiger partial charge in [0.1, 0.15) is 11.8 Å². The van der Waals surface area contributed by atoms with Gasteiger partial charge >= 0.3 is 12.2 Å². The van der Waals surface area contributed by atoms with Crippen LogP contribution in [0.1, 0.15) is 41.5 Å². The zero-order valence-corrected chi connectivity index (χ0v) is 17.3. The first-order chi connectivity index (χ1) is 15.2. The molecular formula is C20H20F3N7O2. The van der Waals surface area contributed by atoms with Crippen LogP contribution in [0.25, 0.3) is 5.69 Å². The van der Waals surface area contributed by atoms with E-state index in [1.165, 1.54) is 17.2 Å². The summed E-state index contributed by atoms with van der Waals surface area (Å²) in [5.41, 5.74) is 0.370. The maximum absolute atomic E-state index is 13.4. The number of carbonyl (C=O) groups is 1. The minimum Gasteiger partial charge on any atom is -0.458 e. The summed E-state index contributed by atoms with van der Waals surface area (Å²) in [6.07, 6.45) is 0.601. The lowest BCUT2D eigenvalue weighted by Gasteiger charge is -2.38. The zero-order chi connectivity index (χ0) is 22.9. The number of ether oxygens (including phenoxy) is 1. The third kappa shape index (κ3) is 4.39. The van der Waals surface area contributed by atoms with Gasteiger partial charge in [-0.1, -0.05) is 0 Å². The van der Waals surface area contributed by atoms with Gasteiger partial charge in [-0.15, -0.1) is 4.80 Å². The van der Waals surface area contributed by atoms with Crippen LogP contribution in [0.15, 0.2) is 36.9 Å². The van der Waals surface area contributed by atoms with Gasteiger partial charge in [0.05, 0.1) is 24.0 Å². The second-order valence-corrected chi connectivity index (χ2v) is 7.43. The predicted molar refractivity (Wildman–Crippen MR) is 105 cm³/mol. The van der Waals surface area contributed by atoms with Crippen LogP contribution < -0.4 is 4.74 Å². The second kappa shape index (κ2) is 8.52. The van der Waals surface area contributed by atoms with E-state index in [2.05, 4.69) is 25.1 Å². The average Bonchev–Trinajstić information content (AvgIpc) is 3.29. The van der Waals surface area contributed by atoms with Crippen molar-refractivity contribution in [2.24, 2.45) is 0 Å². The molecule has 1 aliphatic rings. The fourth-order valence-electron chi connectivity index (χ4n) is 3.56. The first-order valence-corrected chi connectivity index (χ1v) is 9.95. The molecule has 0 bridgehead atoms. The molecule has 168 valence electrons. The highest BCUT2D eigenvalue weighted by atomic mass is 19.4. The van der Waals surface area contributed by atoms with E-state index in [9.17, 15) is 18.0 Å². The van der Waals surface area contributed by atoms with Gasteiger partial charge in [-0.3, -0.25) is 4.79 Å². The molecule has 2 atom stereocenters. The summed E-state index contributed by atoms with van der Waals surface area (Å²) in [5, 5.41) is 8.18. The molecule has 0 radical (unpaired) electrons. The van der Waals surface area contributed by atoms with Crippen LogP contribution in [0.4, 0.5) is 13.2 Å². The molecule has 0 aliphatic carbocycles. The Morgan fingerprint density at radius 2 is 1.84 bits per heavy atom. The SMILES string of the molecule is Cc1ccc(-n2nccn2)c(C(=O)N2CCCC(Oc3ncc(C(F)(F)F)cn3)C2C)n1. The molecule has 3 aromatic heterocycles. The molecule has 0 aromatic carbocycles. The molecule has 32 heavy (non-hydrogen) atoms. The Balaban J connectivity index is 1.54. The molecule has 0 N–H and O–H groups in total. The molecule has 4 rings (SSSR count). The van der Waals surface area contributed by atoms with Crippen LogP contribution in [0, 0.1) is 6.92 Å². The van der Waals surface area contributed by atoms with Gasteiger partial charge in [0, 0.05) is 24.6 Å². The van der Waals surface area contributed by atoms with Gasteiger partial charge in [0.15, 0.2) is 5.69 Å². The van der Waals surface area contributed by atoms with Crippen LogP contribution in [0.2, 0.25) is 0 Å². The second-order valence-electron chi connectivity index (χ2n) is 7.43. The fourth-order valence-corrected chi connectivity index (χ4v) is 3.56. The van der Waals surface area contributed by atoms with Gasteiger partial charge in [-0.25, -0.2) is 15.0 Å². The molecule has 1 saturated heterocycles. The van der Waals surface area contributed by atoms with E-state index in [1.807, 2.05) is 6.92 Å². The summed E-state index contributed by atoms with van der Waals surface area (Å²) in [7, 11) is 0. The standard InChI is InChI=1S/C20H20F3N7O2/c1-12-5-6-15(30-26-7-8-27-30)17(28-12)18(31)29-9-3-4-16(13(29)2)32-19-24-10-14(11-25-19)20(21,22)23/h5-8,10-11,13,16H,3-4,9H2,1-2H3. The first kappa shape index (κ1) is 21.7. The molecule has 2 unspecified atom stereocenters. The molecule has 12 heteroatoms. The van der Waals surface area contributed by atoms with Gasteiger partial charge in [-0.2, -0.15) is 23.4 Å². The van der Waals surface area contributed by atoms with Gasteiger partial charge in [0.2, 0.25) is 0 Å². The molecule has 1 fully saturated rings. The van der Waals surface area contributed by atoms with Crippen molar-refractivity contribution in [3.8, 4) is 11.7 Å². The molecule has 1 aliphatic heterocycles. The summed E-state index contributed by atoms with van der Waals surface area (Å²) in [4.78, 5) is 28.1. The number of rotatable bonds is 4. The number of nitrogens with zero attached hydrogens (tertiary/aromatic N) is 7. The predicted octanol–water partition coefficient (Wildman–Crippen LogP) is 2.85. The quantitative estimate of drug-likeness (QED) is 0.606. The number of halogens is 3. The smallest absolute Gasteiger partial charge is 0.419 e. The summed E-state index contributed by atoms with van der Waals surface area (Å²) in [6.45, 7) is 4.08. The number of likely N-dealkylation sites (tertiary alicyclic amines) is 1. The minimum absolute atomic E-state index is 0.167. The molecular weight excluding hydrogens is 427 g/mol. The van der Waals surface area contributed by atoms with Crippen LogP contribution >= 0.6 is 0 Å². The van der Waals surface area contributed by atoms with Crippen LogP contribution in [-0.4, -0.2) is 59.4 Å². The number of alkyl halides is 3. The molecule has 1 amide bonds. The van der Waals surface area contributed by atoms with Crippen molar-refractivity contribution >= 4 is 5.91 Å². The third-order valence-electron chi connectivity index (χ3n) is 5.24. The lowest BCUT2D eigenvalue weighted by Crippen LogP contribution is -2.51. The summed E-state index contributed by atoms with van der Waals surface area (Å²) in [5.74, 6) is -0.310. The van der Waals surface area contributed by atoms with E-state index in [0.29, 0.717) is 43.2 Å².